The van der Waals surface area contributed by atoms with Gasteiger partial charge in [0.1, 0.15) is 5.52 Å². The fourth-order valence-corrected chi connectivity index (χ4v) is 2.75. The number of aliphatic imine (C=N–C) groups is 1. The summed E-state index contributed by atoms with van der Waals surface area (Å²) in [6.07, 6.45) is 6.54. The van der Waals surface area contributed by atoms with Crippen molar-refractivity contribution in [1.82, 2.24) is 0 Å². The molecule has 4 rings (SSSR count). The Morgan fingerprint density at radius 3 is 2.89 bits per heavy atom. The zero-order valence-electron chi connectivity index (χ0n) is 10.2. The van der Waals surface area contributed by atoms with E-state index >= 15 is 0 Å². The first kappa shape index (κ1) is 9.77. The van der Waals surface area contributed by atoms with Gasteiger partial charge in [-0.25, -0.2) is 4.57 Å². The van der Waals surface area contributed by atoms with Crippen LogP contribution >= 0.6 is 0 Å². The first-order chi connectivity index (χ1) is 8.83. The van der Waals surface area contributed by atoms with Crippen molar-refractivity contribution < 1.29 is 4.57 Å². The molecule has 1 aromatic heterocycles. The minimum absolute atomic E-state index is 0.260. The molecular weight excluding hydrogens is 220 g/mol. The molecule has 0 bridgehead atoms. The molecule has 0 amide bonds. The number of allylic oxidation sites excluding steroid dienone is 4. The molecule has 2 nitrogen and oxygen atoms in total. The second-order valence-electron chi connectivity index (χ2n) is 4.85. The van der Waals surface area contributed by atoms with Gasteiger partial charge in [-0.1, -0.05) is 29.8 Å². The molecule has 0 saturated heterocycles. The molecule has 1 aliphatic carbocycles. The lowest BCUT2D eigenvalue weighted by molar-refractivity contribution is -0.652. The Morgan fingerprint density at radius 1 is 1.06 bits per heavy atom. The smallest absolute Gasteiger partial charge is 0.209 e. The Kier molecular flexibility index (Phi) is 1.84. The Balaban J connectivity index is 2.05. The van der Waals surface area contributed by atoms with Crippen molar-refractivity contribution in [2.75, 3.05) is 0 Å². The molecule has 0 unspecified atom stereocenters. The van der Waals surface area contributed by atoms with E-state index in [1.165, 1.54) is 16.5 Å². The zero-order chi connectivity index (χ0) is 12.1. The van der Waals surface area contributed by atoms with Gasteiger partial charge in [0.15, 0.2) is 6.04 Å². The zero-order valence-corrected chi connectivity index (χ0v) is 10.2. The van der Waals surface area contributed by atoms with Crippen LogP contribution in [-0.4, -0.2) is 5.71 Å². The van der Waals surface area contributed by atoms with E-state index in [0.29, 0.717) is 0 Å². The number of nitrogens with zero attached hydrogens (tertiary/aromatic N) is 2. The summed E-state index contributed by atoms with van der Waals surface area (Å²) in [5.41, 5.74) is 3.68. The summed E-state index contributed by atoms with van der Waals surface area (Å²) in [4.78, 5) is 4.71. The van der Waals surface area contributed by atoms with Crippen LogP contribution in [0, 0.1) is 0 Å². The van der Waals surface area contributed by atoms with Gasteiger partial charge < -0.3 is 0 Å². The maximum Gasteiger partial charge on any atom is 0.324 e. The van der Waals surface area contributed by atoms with Gasteiger partial charge >= 0.3 is 5.82 Å². The van der Waals surface area contributed by atoms with E-state index in [2.05, 4.69) is 66.1 Å². The molecule has 1 atom stereocenters. The number of aromatic nitrogens is 1. The lowest BCUT2D eigenvalue weighted by atomic mass is 10.0. The number of hydrogen-bond donors (Lipinski definition) is 0. The van der Waals surface area contributed by atoms with Gasteiger partial charge in [-0.05, 0) is 36.2 Å². The summed E-state index contributed by atoms with van der Waals surface area (Å²) in [5, 5.41) is 1.26. The monoisotopic (exact) mass is 233 g/mol. The van der Waals surface area contributed by atoms with E-state index < -0.39 is 0 Å². The van der Waals surface area contributed by atoms with E-state index in [9.17, 15) is 0 Å². The summed E-state index contributed by atoms with van der Waals surface area (Å²) < 4.78 is 2.32. The number of benzene rings is 1. The van der Waals surface area contributed by atoms with Crippen molar-refractivity contribution in [2.45, 2.75) is 13.0 Å². The molecule has 0 fully saturated rings. The average Bonchev–Trinajstić information content (AvgIpc) is 2.77. The Bertz CT molecular complexity index is 751. The minimum Gasteiger partial charge on any atom is -0.209 e. The molecule has 0 spiro atoms. The largest absolute Gasteiger partial charge is 0.324 e. The second-order valence-corrected chi connectivity index (χ2v) is 4.85. The quantitative estimate of drug-likeness (QED) is 0.621. The minimum atomic E-state index is 0.260. The fourth-order valence-electron chi connectivity index (χ4n) is 2.75. The van der Waals surface area contributed by atoms with Crippen LogP contribution in [-0.2, 0) is 0 Å². The lowest BCUT2D eigenvalue weighted by Crippen LogP contribution is -2.40. The first-order valence-corrected chi connectivity index (χ1v) is 6.21. The predicted octanol–water partition coefficient (Wildman–Crippen LogP) is 3.27. The summed E-state index contributed by atoms with van der Waals surface area (Å²) in [5.74, 6) is 1.05. The molecule has 1 aromatic carbocycles. The maximum atomic E-state index is 4.71. The van der Waals surface area contributed by atoms with Crippen molar-refractivity contribution in [3.05, 3.63) is 60.2 Å². The standard InChI is InChI=1S/C16H13N2/c1-11-6-8-13-15(10-11)18-14-5-3-2-4-12(14)7-9-16(18)17-13/h2-10,15H,1H3/q+1/t15-/m1/s1. The fraction of sp³-hybridized carbons (Fsp3) is 0.125. The van der Waals surface area contributed by atoms with Crippen LogP contribution in [0.1, 0.15) is 13.0 Å². The topological polar surface area (TPSA) is 16.2 Å². The van der Waals surface area contributed by atoms with Crippen LogP contribution in [0.25, 0.3) is 10.9 Å². The van der Waals surface area contributed by atoms with Gasteiger partial charge in [-0.15, -0.1) is 0 Å². The molecule has 2 heteroatoms. The van der Waals surface area contributed by atoms with Crippen LogP contribution in [0.15, 0.2) is 65.2 Å². The highest BCUT2D eigenvalue weighted by molar-refractivity contribution is 6.02. The Labute approximate surface area is 106 Å². The molecule has 0 N–H and O–H groups in total. The average molecular weight is 233 g/mol. The SMILES string of the molecule is CC1=C[C@@H]2C(=Nc3ccc4ccccc4[n+]32)C=C1. The number of para-hydroxylation sites is 1. The van der Waals surface area contributed by atoms with Crippen molar-refractivity contribution in [2.24, 2.45) is 4.99 Å². The summed E-state index contributed by atoms with van der Waals surface area (Å²) in [7, 11) is 0. The van der Waals surface area contributed by atoms with Crippen LogP contribution in [0.4, 0.5) is 5.82 Å². The first-order valence-electron chi connectivity index (χ1n) is 6.21. The van der Waals surface area contributed by atoms with Crippen LogP contribution in [0.2, 0.25) is 0 Å². The van der Waals surface area contributed by atoms with Gasteiger partial charge in [0.05, 0.1) is 0 Å². The molecular formula is C16H13N2+. The van der Waals surface area contributed by atoms with Crippen molar-refractivity contribution in [3.8, 4) is 0 Å². The number of pyridine rings is 1. The molecule has 0 radical (unpaired) electrons. The van der Waals surface area contributed by atoms with Gasteiger partial charge in [0, 0.05) is 11.5 Å². The van der Waals surface area contributed by atoms with E-state index in [0.717, 1.165) is 11.5 Å². The van der Waals surface area contributed by atoms with E-state index in [4.69, 9.17) is 4.99 Å². The van der Waals surface area contributed by atoms with Gasteiger partial charge in [-0.3, -0.25) is 0 Å². The van der Waals surface area contributed by atoms with Crippen molar-refractivity contribution >= 4 is 22.4 Å². The number of rotatable bonds is 0. The van der Waals surface area contributed by atoms with Gasteiger partial charge in [-0.2, -0.15) is 0 Å². The molecule has 1 aliphatic heterocycles. The normalized spacial score (nSPS) is 20.4. The Morgan fingerprint density at radius 2 is 1.94 bits per heavy atom. The third kappa shape index (κ3) is 1.23. The highest BCUT2D eigenvalue weighted by Gasteiger charge is 2.35. The van der Waals surface area contributed by atoms with Crippen LogP contribution < -0.4 is 4.57 Å². The predicted molar refractivity (Wildman–Crippen MR) is 73.2 cm³/mol. The highest BCUT2D eigenvalue weighted by Crippen LogP contribution is 2.28. The second kappa shape index (κ2) is 3.39. The van der Waals surface area contributed by atoms with Crippen LogP contribution in [0.5, 0.6) is 0 Å². The maximum absolute atomic E-state index is 4.71. The molecule has 18 heavy (non-hydrogen) atoms. The lowest BCUT2D eigenvalue weighted by Gasteiger charge is -2.11. The highest BCUT2D eigenvalue weighted by atomic mass is 15.2. The third-order valence-corrected chi connectivity index (χ3v) is 3.62. The van der Waals surface area contributed by atoms with Crippen molar-refractivity contribution in [1.29, 1.82) is 0 Å². The molecule has 2 aromatic rings. The molecule has 0 saturated carbocycles. The van der Waals surface area contributed by atoms with Gasteiger partial charge in [0.25, 0.3) is 0 Å². The van der Waals surface area contributed by atoms with E-state index in [1.54, 1.807) is 0 Å². The number of fused-ring (bicyclic) bond motifs is 5. The molecule has 2 aliphatic rings. The number of hydrogen-bond acceptors (Lipinski definition) is 1. The third-order valence-electron chi connectivity index (χ3n) is 3.62. The summed E-state index contributed by atoms with van der Waals surface area (Å²) in [6, 6.07) is 13.0. The Hall–Kier alpha value is -2.22. The van der Waals surface area contributed by atoms with Crippen molar-refractivity contribution in [3.63, 3.8) is 0 Å². The van der Waals surface area contributed by atoms with E-state index in [-0.39, 0.29) is 6.04 Å². The molecule has 2 heterocycles. The summed E-state index contributed by atoms with van der Waals surface area (Å²) in [6.45, 7) is 2.14. The van der Waals surface area contributed by atoms with Gasteiger partial charge in [0.2, 0.25) is 5.71 Å². The summed E-state index contributed by atoms with van der Waals surface area (Å²) >= 11 is 0. The van der Waals surface area contributed by atoms with E-state index in [1.807, 2.05) is 0 Å². The molecule has 86 valence electrons. The van der Waals surface area contributed by atoms with Crippen LogP contribution in [0.3, 0.4) is 0 Å².